The highest BCUT2D eigenvalue weighted by Gasteiger charge is 2.41. The molecule has 0 aromatic rings. The van der Waals surface area contributed by atoms with Gasteiger partial charge in [-0.15, -0.1) is 0 Å². The molecule has 2 saturated heterocycles. The molecule has 2 aliphatic heterocycles. The van der Waals surface area contributed by atoms with Crippen molar-refractivity contribution in [3.8, 4) is 0 Å². The number of hydrogen-bond donors (Lipinski definition) is 1. The number of hydrogen-bond acceptors (Lipinski definition) is 3. The third-order valence-corrected chi connectivity index (χ3v) is 4.41. The number of fused-ring (bicyclic) bond motifs is 1. The summed E-state index contributed by atoms with van der Waals surface area (Å²) in [6.07, 6.45) is 0. The summed E-state index contributed by atoms with van der Waals surface area (Å²) in [5, 5.41) is 3.34. The van der Waals surface area contributed by atoms with Crippen LogP contribution < -0.4 is 5.32 Å². The summed E-state index contributed by atoms with van der Waals surface area (Å²) in [5.74, 6) is 1.43. The standard InChI is InChI=1S/C10H17F3N2S/c1-7-9-5-14-4-8(9)6-15(7)2-3-16-10(11,12)13/h7-9,14H,2-6H2,1H3. The number of nitrogens with zero attached hydrogens (tertiary/aromatic N) is 1. The molecule has 16 heavy (non-hydrogen) atoms. The normalized spacial score (nSPS) is 35.6. The molecule has 1 N–H and O–H groups in total. The minimum Gasteiger partial charge on any atom is -0.316 e. The van der Waals surface area contributed by atoms with Crippen LogP contribution in [0.1, 0.15) is 6.92 Å². The predicted molar refractivity (Wildman–Crippen MR) is 59.4 cm³/mol. The summed E-state index contributed by atoms with van der Waals surface area (Å²) in [5.41, 5.74) is -4.08. The third kappa shape index (κ3) is 2.84. The molecule has 2 heterocycles. The maximum absolute atomic E-state index is 12.0. The lowest BCUT2D eigenvalue weighted by atomic mass is 9.95. The van der Waals surface area contributed by atoms with Gasteiger partial charge in [0.2, 0.25) is 0 Å². The van der Waals surface area contributed by atoms with Crippen LogP contribution in [0, 0.1) is 11.8 Å². The molecule has 2 nitrogen and oxygen atoms in total. The van der Waals surface area contributed by atoms with E-state index in [-0.39, 0.29) is 17.5 Å². The zero-order valence-electron chi connectivity index (χ0n) is 9.26. The Kier molecular flexibility index (Phi) is 3.71. The molecular formula is C10H17F3N2S. The molecule has 3 atom stereocenters. The average molecular weight is 254 g/mol. The van der Waals surface area contributed by atoms with Gasteiger partial charge in [-0.1, -0.05) is 0 Å². The maximum Gasteiger partial charge on any atom is 0.441 e. The van der Waals surface area contributed by atoms with Gasteiger partial charge >= 0.3 is 5.51 Å². The summed E-state index contributed by atoms with van der Waals surface area (Å²) in [4.78, 5) is 2.20. The van der Waals surface area contributed by atoms with Crippen molar-refractivity contribution in [1.29, 1.82) is 0 Å². The lowest BCUT2D eigenvalue weighted by Gasteiger charge is -2.24. The molecule has 94 valence electrons. The number of thioether (sulfide) groups is 1. The summed E-state index contributed by atoms with van der Waals surface area (Å²) in [6, 6.07) is 0.425. The van der Waals surface area contributed by atoms with E-state index in [0.717, 1.165) is 19.6 Å². The first-order chi connectivity index (χ1) is 7.47. The first-order valence-corrected chi connectivity index (χ1v) is 6.61. The van der Waals surface area contributed by atoms with Gasteiger partial charge in [0.05, 0.1) is 0 Å². The molecule has 0 aliphatic carbocycles. The molecule has 0 aromatic carbocycles. The molecule has 2 fully saturated rings. The van der Waals surface area contributed by atoms with E-state index in [1.54, 1.807) is 0 Å². The second-order valence-corrected chi connectivity index (χ2v) is 5.77. The molecule has 3 unspecified atom stereocenters. The fourth-order valence-corrected chi connectivity index (χ4v) is 3.39. The number of halogens is 3. The lowest BCUT2D eigenvalue weighted by molar-refractivity contribution is -0.0329. The van der Waals surface area contributed by atoms with Crippen LogP contribution in [0.2, 0.25) is 0 Å². The summed E-state index contributed by atoms with van der Waals surface area (Å²) >= 11 is 0.0932. The minimum absolute atomic E-state index is 0.0932. The van der Waals surface area contributed by atoms with Crippen LogP contribution in [0.15, 0.2) is 0 Å². The Labute approximate surface area is 97.9 Å². The Morgan fingerprint density at radius 1 is 1.38 bits per heavy atom. The molecule has 0 saturated carbocycles. The highest BCUT2D eigenvalue weighted by Crippen LogP contribution is 2.34. The zero-order chi connectivity index (χ0) is 11.8. The number of alkyl halides is 3. The average Bonchev–Trinajstić information content (AvgIpc) is 2.69. The van der Waals surface area contributed by atoms with Gasteiger partial charge in [-0.3, -0.25) is 4.90 Å². The fraction of sp³-hybridized carbons (Fsp3) is 1.00. The van der Waals surface area contributed by atoms with E-state index in [2.05, 4.69) is 17.1 Å². The van der Waals surface area contributed by atoms with Crippen LogP contribution >= 0.6 is 11.8 Å². The SMILES string of the molecule is CC1C2CNCC2CN1CCSC(F)(F)F. The number of rotatable bonds is 3. The first-order valence-electron chi connectivity index (χ1n) is 5.63. The van der Waals surface area contributed by atoms with E-state index >= 15 is 0 Å². The van der Waals surface area contributed by atoms with Gasteiger partial charge in [0.15, 0.2) is 0 Å². The Morgan fingerprint density at radius 3 is 2.75 bits per heavy atom. The Morgan fingerprint density at radius 2 is 2.12 bits per heavy atom. The Hall–Kier alpha value is 0.0600. The van der Waals surface area contributed by atoms with Crippen molar-refractivity contribution in [1.82, 2.24) is 10.2 Å². The predicted octanol–water partition coefficient (Wildman–Crippen LogP) is 1.78. The molecule has 2 rings (SSSR count). The molecule has 0 amide bonds. The second kappa shape index (κ2) is 4.74. The van der Waals surface area contributed by atoms with Gasteiger partial charge in [-0.05, 0) is 43.6 Å². The second-order valence-electron chi connectivity index (χ2n) is 4.61. The quantitative estimate of drug-likeness (QED) is 0.826. The van der Waals surface area contributed by atoms with Crippen molar-refractivity contribution in [2.45, 2.75) is 18.5 Å². The highest BCUT2D eigenvalue weighted by atomic mass is 32.2. The van der Waals surface area contributed by atoms with E-state index in [0.29, 0.717) is 24.4 Å². The largest absolute Gasteiger partial charge is 0.441 e. The van der Waals surface area contributed by atoms with Crippen molar-refractivity contribution >= 4 is 11.8 Å². The highest BCUT2D eigenvalue weighted by molar-refractivity contribution is 8.00. The molecule has 0 spiro atoms. The van der Waals surface area contributed by atoms with Gasteiger partial charge in [-0.25, -0.2) is 0 Å². The van der Waals surface area contributed by atoms with Gasteiger partial charge in [0.1, 0.15) is 0 Å². The van der Waals surface area contributed by atoms with Crippen molar-refractivity contribution in [3.63, 3.8) is 0 Å². The van der Waals surface area contributed by atoms with Crippen molar-refractivity contribution < 1.29 is 13.2 Å². The van der Waals surface area contributed by atoms with Crippen LogP contribution in [0.3, 0.4) is 0 Å². The van der Waals surface area contributed by atoms with E-state index < -0.39 is 5.51 Å². The molecular weight excluding hydrogens is 237 g/mol. The Bertz CT molecular complexity index is 247. The maximum atomic E-state index is 12.0. The van der Waals surface area contributed by atoms with Crippen LogP contribution in [0.5, 0.6) is 0 Å². The van der Waals surface area contributed by atoms with Crippen LogP contribution in [-0.2, 0) is 0 Å². The van der Waals surface area contributed by atoms with Gasteiger partial charge in [0, 0.05) is 24.9 Å². The molecule has 0 aromatic heterocycles. The van der Waals surface area contributed by atoms with Crippen LogP contribution in [0.25, 0.3) is 0 Å². The van der Waals surface area contributed by atoms with E-state index in [9.17, 15) is 13.2 Å². The number of likely N-dealkylation sites (tertiary alicyclic amines) is 1. The molecule has 0 radical (unpaired) electrons. The summed E-state index contributed by atoms with van der Waals surface area (Å²) in [6.45, 7) is 5.69. The van der Waals surface area contributed by atoms with Gasteiger partial charge in [-0.2, -0.15) is 13.2 Å². The molecule has 6 heteroatoms. The van der Waals surface area contributed by atoms with E-state index in [1.807, 2.05) is 0 Å². The zero-order valence-corrected chi connectivity index (χ0v) is 10.1. The smallest absolute Gasteiger partial charge is 0.316 e. The van der Waals surface area contributed by atoms with E-state index in [4.69, 9.17) is 0 Å². The number of nitrogens with one attached hydrogen (secondary N) is 1. The summed E-state index contributed by atoms with van der Waals surface area (Å²) in [7, 11) is 0. The van der Waals surface area contributed by atoms with Crippen molar-refractivity contribution in [2.75, 3.05) is 31.9 Å². The van der Waals surface area contributed by atoms with Crippen molar-refractivity contribution in [2.24, 2.45) is 11.8 Å². The minimum atomic E-state index is -4.08. The van der Waals surface area contributed by atoms with Crippen LogP contribution in [-0.4, -0.2) is 48.4 Å². The first kappa shape index (κ1) is 12.5. The van der Waals surface area contributed by atoms with E-state index in [1.165, 1.54) is 0 Å². The Balaban J connectivity index is 1.75. The van der Waals surface area contributed by atoms with Gasteiger partial charge in [0.25, 0.3) is 0 Å². The van der Waals surface area contributed by atoms with Gasteiger partial charge < -0.3 is 5.32 Å². The lowest BCUT2D eigenvalue weighted by Crippen LogP contribution is -2.35. The van der Waals surface area contributed by atoms with Crippen LogP contribution in [0.4, 0.5) is 13.2 Å². The topological polar surface area (TPSA) is 15.3 Å². The monoisotopic (exact) mass is 254 g/mol. The third-order valence-electron chi connectivity index (χ3n) is 3.70. The summed E-state index contributed by atoms with van der Waals surface area (Å²) < 4.78 is 36.0. The fourth-order valence-electron chi connectivity index (χ4n) is 2.83. The molecule has 0 bridgehead atoms. The molecule has 2 aliphatic rings. The van der Waals surface area contributed by atoms with Crippen molar-refractivity contribution in [3.05, 3.63) is 0 Å².